The zero-order chi connectivity index (χ0) is 50.9. The second-order valence-electron chi connectivity index (χ2n) is 20.4. The number of amides is 4. The van der Waals surface area contributed by atoms with Gasteiger partial charge in [0.05, 0.1) is 66.6 Å². The number of H-pyrrole nitrogens is 2. The molecule has 7 heterocycles. The first-order valence-corrected chi connectivity index (χ1v) is 25.9. The number of rotatable bonds is 13. The van der Waals surface area contributed by atoms with E-state index >= 15 is 0 Å². The van der Waals surface area contributed by atoms with Crippen LogP contribution >= 0.6 is 0 Å². The summed E-state index contributed by atoms with van der Waals surface area (Å²) in [5.41, 5.74) is 8.91. The number of pyridine rings is 1. The predicted molar refractivity (Wildman–Crippen MR) is 278 cm³/mol. The fourth-order valence-corrected chi connectivity index (χ4v) is 11.3. The molecule has 73 heavy (non-hydrogen) atoms. The molecule has 18 nitrogen and oxygen atoms in total. The number of imidazole rings is 2. The third kappa shape index (κ3) is 10.0. The molecule has 4 amide bonds. The molecule has 6 aromatic rings. The maximum absolute atomic E-state index is 14.0. The van der Waals surface area contributed by atoms with Crippen LogP contribution in [0.25, 0.3) is 33.2 Å². The molecule has 0 unspecified atom stereocenters. The molecular formula is C55H67N11O7. The summed E-state index contributed by atoms with van der Waals surface area (Å²) in [6, 6.07) is 24.7. The van der Waals surface area contributed by atoms with Gasteiger partial charge in [-0.05, 0) is 116 Å². The molecule has 0 spiro atoms. The number of aromatic nitrogens is 5. The Labute approximate surface area is 425 Å². The number of benzene rings is 3. The molecule has 6 atom stereocenters. The fraction of sp³-hybridized carbons (Fsp3) is 0.473. The number of alkyl carbamates (subject to hydrolysis) is 2. The second kappa shape index (κ2) is 21.1. The van der Waals surface area contributed by atoms with E-state index in [1.165, 1.54) is 14.2 Å². The van der Waals surface area contributed by atoms with Gasteiger partial charge in [-0.2, -0.15) is 0 Å². The number of carbonyl (C=O) groups excluding carboxylic acids is 4. The van der Waals surface area contributed by atoms with Crippen LogP contribution < -0.4 is 20.4 Å². The number of hydrogen-bond acceptors (Lipinski definition) is 12. The summed E-state index contributed by atoms with van der Waals surface area (Å²) >= 11 is 0. The summed E-state index contributed by atoms with van der Waals surface area (Å²) in [6.45, 7) is 11.8. The average Bonchev–Trinajstić information content (AvgIpc) is 4.28. The van der Waals surface area contributed by atoms with Crippen molar-refractivity contribution < 1.29 is 33.4 Å². The van der Waals surface area contributed by atoms with E-state index in [4.69, 9.17) is 29.2 Å². The van der Waals surface area contributed by atoms with Crippen molar-refractivity contribution >= 4 is 57.6 Å². The van der Waals surface area contributed by atoms with E-state index in [1.807, 2.05) is 43.7 Å². The number of hydrogen-bond donors (Lipinski definition) is 4. The molecule has 0 aliphatic carbocycles. The Morgan fingerprint density at radius 3 is 1.77 bits per heavy atom. The van der Waals surface area contributed by atoms with E-state index in [0.717, 1.165) is 119 Å². The van der Waals surface area contributed by atoms with Crippen LogP contribution in [0.3, 0.4) is 0 Å². The summed E-state index contributed by atoms with van der Waals surface area (Å²) < 4.78 is 16.0. The summed E-state index contributed by atoms with van der Waals surface area (Å²) in [5, 5.41) is 5.22. The van der Waals surface area contributed by atoms with Crippen molar-refractivity contribution in [1.82, 2.24) is 45.4 Å². The fourth-order valence-electron chi connectivity index (χ4n) is 11.3. The first kappa shape index (κ1) is 49.4. The van der Waals surface area contributed by atoms with Gasteiger partial charge >= 0.3 is 12.2 Å². The Hall–Kier alpha value is -7.21. The Morgan fingerprint density at radius 2 is 1.25 bits per heavy atom. The van der Waals surface area contributed by atoms with Crippen LogP contribution in [-0.2, 0) is 23.8 Å². The third-order valence-electron chi connectivity index (χ3n) is 15.2. The van der Waals surface area contributed by atoms with Gasteiger partial charge in [-0.3, -0.25) is 9.59 Å². The first-order chi connectivity index (χ1) is 35.4. The molecule has 0 bridgehead atoms. The van der Waals surface area contributed by atoms with E-state index in [2.05, 4.69) is 103 Å². The number of morpholine rings is 1. The number of carbonyl (C=O) groups is 4. The minimum Gasteiger partial charge on any atom is -0.453 e. The first-order valence-electron chi connectivity index (χ1n) is 25.9. The largest absolute Gasteiger partial charge is 0.453 e. The van der Waals surface area contributed by atoms with Gasteiger partial charge in [0.15, 0.2) is 6.10 Å². The number of nitrogens with one attached hydrogen (secondary N) is 4. The lowest BCUT2D eigenvalue weighted by molar-refractivity contribution is -0.143. The SMILES string of the molecule is CNC(=O)O[C@H](C(=O)N1CCC[C@H]1c1nc2cc([C@H]3CC[C@H](c4ccc5[nH]c([C@@H]6CCCN6C(=O)[C@@H](NC(=O)OC)C(C)C)nc5c4)N3c3ccc(-c4ccc(N5CCOCC5)nc4)cc3)ccc2[nH]1)C(C)C. The number of anilines is 2. The topological polar surface area (TPSA) is 203 Å². The molecule has 3 aromatic heterocycles. The molecule has 4 saturated heterocycles. The molecule has 0 radical (unpaired) electrons. The van der Waals surface area contributed by atoms with Gasteiger partial charge in [0.25, 0.3) is 5.91 Å². The molecule has 4 fully saturated rings. The second-order valence-corrected chi connectivity index (χ2v) is 20.4. The quantitative estimate of drug-likeness (QED) is 0.0861. The number of nitrogens with zero attached hydrogens (tertiary/aromatic N) is 7. The lowest BCUT2D eigenvalue weighted by Gasteiger charge is -2.33. The standard InChI is InChI=1S/C55H67N11O7/c1-32(2)48(62-55(70)71-6)52(67)64-23-7-9-45(64)50-58-39-18-13-35(29-41(39)60-50)43-20-21-44(66(43)38-16-11-34(12-17-38)37-15-22-47(57-31-37)63-25-27-72-28-26-63)36-14-19-40-42(30-36)61-51(59-40)46-10-8-24-65(46)53(68)49(33(3)4)73-54(69)56-5/h11-19,22,29-33,43-46,48-49H,7-10,20-21,23-28H2,1-6H3,(H,56,69)(H,58,60)(H,59,61)(H,62,70)/t43-,44-,45+,46+,48+,49+/m1/s1. The lowest BCUT2D eigenvalue weighted by atomic mass is 10.0. The van der Waals surface area contributed by atoms with Gasteiger partial charge in [-0.25, -0.2) is 24.5 Å². The van der Waals surface area contributed by atoms with E-state index in [0.29, 0.717) is 26.3 Å². The van der Waals surface area contributed by atoms with Gasteiger partial charge in [0, 0.05) is 50.7 Å². The van der Waals surface area contributed by atoms with Crippen molar-refractivity contribution in [1.29, 1.82) is 0 Å². The monoisotopic (exact) mass is 994 g/mol. The Bertz CT molecular complexity index is 2800. The van der Waals surface area contributed by atoms with Crippen molar-refractivity contribution in [3.63, 3.8) is 0 Å². The minimum atomic E-state index is -0.908. The minimum absolute atomic E-state index is 0.00379. The molecule has 4 aliphatic heterocycles. The van der Waals surface area contributed by atoms with E-state index in [-0.39, 0.29) is 47.8 Å². The van der Waals surface area contributed by atoms with E-state index in [9.17, 15) is 19.2 Å². The number of methoxy groups -OCH3 is 1. The van der Waals surface area contributed by atoms with Gasteiger partial charge in [0.1, 0.15) is 23.5 Å². The van der Waals surface area contributed by atoms with Crippen LogP contribution in [0.1, 0.15) is 113 Å². The van der Waals surface area contributed by atoms with Crippen LogP contribution in [0, 0.1) is 11.8 Å². The highest BCUT2D eigenvalue weighted by Crippen LogP contribution is 2.48. The van der Waals surface area contributed by atoms with Gasteiger partial charge in [0.2, 0.25) is 5.91 Å². The van der Waals surface area contributed by atoms with Crippen molar-refractivity contribution in [3.8, 4) is 11.1 Å². The van der Waals surface area contributed by atoms with Gasteiger partial charge in [-0.1, -0.05) is 52.0 Å². The highest BCUT2D eigenvalue weighted by atomic mass is 16.6. The number of ether oxygens (including phenoxy) is 3. The Kier molecular flexibility index (Phi) is 14.3. The molecule has 3 aromatic carbocycles. The molecule has 18 heteroatoms. The molecule has 384 valence electrons. The summed E-state index contributed by atoms with van der Waals surface area (Å²) in [6.07, 6.45) is 4.70. The van der Waals surface area contributed by atoms with Gasteiger partial charge in [-0.15, -0.1) is 0 Å². The van der Waals surface area contributed by atoms with Crippen LogP contribution in [-0.4, -0.2) is 124 Å². The van der Waals surface area contributed by atoms with Crippen LogP contribution in [0.15, 0.2) is 79.0 Å². The number of fused-ring (bicyclic) bond motifs is 2. The van der Waals surface area contributed by atoms with Gasteiger partial charge < -0.3 is 54.4 Å². The summed E-state index contributed by atoms with van der Waals surface area (Å²) in [5.74, 6) is 1.71. The Morgan fingerprint density at radius 1 is 0.671 bits per heavy atom. The molecular weight excluding hydrogens is 927 g/mol. The smallest absolute Gasteiger partial charge is 0.407 e. The molecule has 10 rings (SSSR count). The van der Waals surface area contributed by atoms with Crippen molar-refractivity contribution in [3.05, 3.63) is 102 Å². The normalized spacial score (nSPS) is 21.1. The number of aromatic amines is 2. The van der Waals surface area contributed by atoms with Crippen LogP contribution in [0.2, 0.25) is 0 Å². The molecule has 4 aliphatic rings. The van der Waals surface area contributed by atoms with Crippen molar-refractivity contribution in [2.24, 2.45) is 11.8 Å². The van der Waals surface area contributed by atoms with Crippen LogP contribution in [0.5, 0.6) is 0 Å². The number of likely N-dealkylation sites (tertiary alicyclic amines) is 2. The van der Waals surface area contributed by atoms with E-state index < -0.39 is 24.3 Å². The molecule has 4 N–H and O–H groups in total. The summed E-state index contributed by atoms with van der Waals surface area (Å²) in [7, 11) is 2.79. The zero-order valence-corrected chi connectivity index (χ0v) is 42.6. The van der Waals surface area contributed by atoms with Crippen molar-refractivity contribution in [2.75, 3.05) is 63.4 Å². The lowest BCUT2D eigenvalue weighted by Crippen LogP contribution is -2.51. The van der Waals surface area contributed by atoms with Crippen LogP contribution in [0.4, 0.5) is 21.1 Å². The maximum atomic E-state index is 14.0. The summed E-state index contributed by atoms with van der Waals surface area (Å²) in [4.78, 5) is 83.1. The van der Waals surface area contributed by atoms with E-state index in [1.54, 1.807) is 0 Å². The zero-order valence-electron chi connectivity index (χ0n) is 42.6. The maximum Gasteiger partial charge on any atom is 0.407 e. The highest BCUT2D eigenvalue weighted by Gasteiger charge is 2.41. The molecule has 0 saturated carbocycles. The third-order valence-corrected chi connectivity index (χ3v) is 15.2. The van der Waals surface area contributed by atoms with Crippen molar-refractivity contribution in [2.45, 2.75) is 103 Å². The Balaban J connectivity index is 0.951. The highest BCUT2D eigenvalue weighted by molar-refractivity contribution is 5.87. The predicted octanol–water partition coefficient (Wildman–Crippen LogP) is 8.51. The average molecular weight is 994 g/mol.